The Morgan fingerprint density at radius 2 is 2.00 bits per heavy atom. The molecule has 1 aliphatic carbocycles. The molecule has 2 aromatic carbocycles. The molecule has 2 aromatic rings. The summed E-state index contributed by atoms with van der Waals surface area (Å²) in [6, 6.07) is 13.5. The molecule has 0 radical (unpaired) electrons. The van der Waals surface area contributed by atoms with Crippen LogP contribution in [0.1, 0.15) is 37.3 Å². The SMILES string of the molecule is CN1c2ccccc2[C@]2(C)CCCC3=Cc4cccc([N+](=O)[O-])c4O[C@@]312. The van der Waals surface area contributed by atoms with E-state index in [2.05, 4.69) is 36.1 Å². The van der Waals surface area contributed by atoms with Crippen LogP contribution in [0.2, 0.25) is 0 Å². The lowest BCUT2D eigenvalue weighted by Gasteiger charge is -2.53. The van der Waals surface area contributed by atoms with Crippen LogP contribution < -0.4 is 9.64 Å². The minimum Gasteiger partial charge on any atom is -0.455 e. The summed E-state index contributed by atoms with van der Waals surface area (Å²) in [4.78, 5) is 13.4. The van der Waals surface area contributed by atoms with Crippen LogP contribution in [0.15, 0.2) is 48.0 Å². The highest BCUT2D eigenvalue weighted by atomic mass is 16.6. The third-order valence-corrected chi connectivity index (χ3v) is 6.44. The van der Waals surface area contributed by atoms with Gasteiger partial charge in [0.2, 0.25) is 11.5 Å². The van der Waals surface area contributed by atoms with Gasteiger partial charge in [0.05, 0.1) is 10.3 Å². The van der Waals surface area contributed by atoms with E-state index in [0.717, 1.165) is 30.5 Å². The Kier molecular flexibility index (Phi) is 2.89. The van der Waals surface area contributed by atoms with E-state index in [4.69, 9.17) is 4.74 Å². The maximum atomic E-state index is 11.6. The first kappa shape index (κ1) is 15.4. The summed E-state index contributed by atoms with van der Waals surface area (Å²) in [5.74, 6) is 0.383. The van der Waals surface area contributed by atoms with Crippen LogP contribution in [0.3, 0.4) is 0 Å². The lowest BCUT2D eigenvalue weighted by molar-refractivity contribution is -0.386. The van der Waals surface area contributed by atoms with E-state index in [9.17, 15) is 10.1 Å². The second kappa shape index (κ2) is 4.87. The average Bonchev–Trinajstić information content (AvgIpc) is 2.84. The molecule has 2 aliphatic heterocycles. The fraction of sp³-hybridized carbons (Fsp3) is 0.333. The zero-order valence-corrected chi connectivity index (χ0v) is 14.9. The van der Waals surface area contributed by atoms with Crippen LogP contribution in [0.5, 0.6) is 5.75 Å². The molecule has 5 heteroatoms. The molecule has 1 spiro atoms. The Labute approximate surface area is 152 Å². The number of anilines is 1. The summed E-state index contributed by atoms with van der Waals surface area (Å²) >= 11 is 0. The summed E-state index contributed by atoms with van der Waals surface area (Å²) in [6.45, 7) is 2.24. The van der Waals surface area contributed by atoms with Gasteiger partial charge >= 0.3 is 5.69 Å². The third kappa shape index (κ3) is 1.61. The van der Waals surface area contributed by atoms with E-state index in [1.807, 2.05) is 19.2 Å². The molecule has 0 aromatic heterocycles. The van der Waals surface area contributed by atoms with Crippen molar-refractivity contribution in [2.24, 2.45) is 0 Å². The van der Waals surface area contributed by atoms with Gasteiger partial charge in [0.1, 0.15) is 0 Å². The minimum atomic E-state index is -0.700. The molecule has 3 aliphatic rings. The van der Waals surface area contributed by atoms with Gasteiger partial charge in [0.15, 0.2) is 0 Å². The first-order valence-electron chi connectivity index (χ1n) is 9.00. The largest absolute Gasteiger partial charge is 0.455 e. The lowest BCUT2D eigenvalue weighted by Crippen LogP contribution is -2.63. The predicted octanol–water partition coefficient (Wildman–Crippen LogP) is 4.66. The molecule has 2 heterocycles. The van der Waals surface area contributed by atoms with Crippen LogP contribution in [0, 0.1) is 10.1 Å². The van der Waals surface area contributed by atoms with Gasteiger partial charge < -0.3 is 9.64 Å². The Morgan fingerprint density at radius 1 is 1.19 bits per heavy atom. The number of nitro groups is 1. The molecular formula is C21H20N2O3. The number of ether oxygens (including phenoxy) is 1. The number of hydrogen-bond acceptors (Lipinski definition) is 4. The van der Waals surface area contributed by atoms with Crippen molar-refractivity contribution in [2.75, 3.05) is 11.9 Å². The Hall–Kier alpha value is -2.82. The smallest absolute Gasteiger partial charge is 0.311 e. The second-order valence-corrected chi connectivity index (χ2v) is 7.63. The van der Waals surface area contributed by atoms with Gasteiger partial charge in [-0.3, -0.25) is 10.1 Å². The number of rotatable bonds is 1. The topological polar surface area (TPSA) is 55.6 Å². The number of nitrogens with zero attached hydrogens (tertiary/aromatic N) is 2. The Morgan fingerprint density at radius 3 is 2.81 bits per heavy atom. The van der Waals surface area contributed by atoms with E-state index in [1.165, 1.54) is 17.2 Å². The number of likely N-dealkylation sites (N-methyl/N-ethyl adjacent to an activating group) is 1. The summed E-state index contributed by atoms with van der Waals surface area (Å²) in [5.41, 5.74) is 3.49. The van der Waals surface area contributed by atoms with Gasteiger partial charge in [-0.2, -0.15) is 0 Å². The monoisotopic (exact) mass is 348 g/mol. The summed E-state index contributed by atoms with van der Waals surface area (Å²) in [7, 11) is 2.04. The zero-order valence-electron chi connectivity index (χ0n) is 14.9. The highest BCUT2D eigenvalue weighted by molar-refractivity contribution is 5.77. The lowest BCUT2D eigenvalue weighted by atomic mass is 9.64. The normalized spacial score (nSPS) is 28.2. The second-order valence-electron chi connectivity index (χ2n) is 7.63. The Balaban J connectivity index is 1.80. The van der Waals surface area contributed by atoms with Crippen molar-refractivity contribution < 1.29 is 9.66 Å². The summed E-state index contributed by atoms with van der Waals surface area (Å²) < 4.78 is 6.65. The number of para-hydroxylation sites is 2. The molecule has 2 atom stereocenters. The van der Waals surface area contributed by atoms with E-state index >= 15 is 0 Å². The molecule has 0 saturated heterocycles. The number of hydrogen-bond donors (Lipinski definition) is 0. The van der Waals surface area contributed by atoms with Crippen LogP contribution in [0.4, 0.5) is 11.4 Å². The minimum absolute atomic E-state index is 0.0319. The number of fused-ring (bicyclic) bond motifs is 3. The summed E-state index contributed by atoms with van der Waals surface area (Å²) in [6.07, 6.45) is 5.13. The van der Waals surface area contributed by atoms with Crippen LogP contribution in [0.25, 0.3) is 6.08 Å². The number of benzene rings is 2. The standard InChI is InChI=1S/C21H20N2O3/c1-20-12-6-8-15-13-14-7-5-11-18(23(24)25)19(14)26-21(15,20)22(2)17-10-4-3-9-16(17)20/h3-5,7,9-11,13H,6,8,12H2,1-2H3/t20-,21+/m0/s1. The molecule has 1 saturated carbocycles. The summed E-state index contributed by atoms with van der Waals surface area (Å²) in [5, 5.41) is 11.6. The van der Waals surface area contributed by atoms with Gasteiger partial charge in [0.25, 0.3) is 0 Å². The molecule has 132 valence electrons. The van der Waals surface area contributed by atoms with E-state index in [-0.39, 0.29) is 16.0 Å². The Bertz CT molecular complexity index is 983. The molecule has 0 N–H and O–H groups in total. The quantitative estimate of drug-likeness (QED) is 0.556. The highest BCUT2D eigenvalue weighted by Crippen LogP contribution is 2.62. The molecular weight excluding hydrogens is 328 g/mol. The highest BCUT2D eigenvalue weighted by Gasteiger charge is 2.65. The zero-order chi connectivity index (χ0) is 18.1. The van der Waals surface area contributed by atoms with Crippen molar-refractivity contribution in [1.29, 1.82) is 0 Å². The molecule has 0 bridgehead atoms. The van der Waals surface area contributed by atoms with Gasteiger partial charge in [0, 0.05) is 24.4 Å². The van der Waals surface area contributed by atoms with Crippen molar-refractivity contribution in [3.63, 3.8) is 0 Å². The molecule has 0 amide bonds. The maximum absolute atomic E-state index is 11.6. The molecule has 26 heavy (non-hydrogen) atoms. The van der Waals surface area contributed by atoms with E-state index in [1.54, 1.807) is 6.07 Å². The third-order valence-electron chi connectivity index (χ3n) is 6.44. The number of nitro benzene ring substituents is 1. The fourth-order valence-electron chi connectivity index (χ4n) is 5.29. The first-order valence-corrected chi connectivity index (χ1v) is 9.00. The van der Waals surface area contributed by atoms with Crippen molar-refractivity contribution >= 4 is 17.5 Å². The van der Waals surface area contributed by atoms with Gasteiger partial charge in [-0.1, -0.05) is 30.3 Å². The molecule has 0 unspecified atom stereocenters. The maximum Gasteiger partial charge on any atom is 0.311 e. The average molecular weight is 348 g/mol. The van der Waals surface area contributed by atoms with Crippen LogP contribution >= 0.6 is 0 Å². The van der Waals surface area contributed by atoms with Gasteiger partial charge in [-0.15, -0.1) is 0 Å². The van der Waals surface area contributed by atoms with Crippen molar-refractivity contribution in [3.05, 3.63) is 69.3 Å². The first-order chi connectivity index (χ1) is 12.5. The van der Waals surface area contributed by atoms with Gasteiger partial charge in [-0.25, -0.2) is 0 Å². The van der Waals surface area contributed by atoms with Crippen molar-refractivity contribution in [3.8, 4) is 5.75 Å². The molecule has 5 rings (SSSR count). The van der Waals surface area contributed by atoms with Crippen molar-refractivity contribution in [2.45, 2.75) is 37.3 Å². The molecule has 1 fully saturated rings. The van der Waals surface area contributed by atoms with E-state index in [0.29, 0.717) is 5.75 Å². The molecule has 5 nitrogen and oxygen atoms in total. The van der Waals surface area contributed by atoms with Crippen molar-refractivity contribution in [1.82, 2.24) is 0 Å². The van der Waals surface area contributed by atoms with Crippen LogP contribution in [-0.2, 0) is 5.41 Å². The van der Waals surface area contributed by atoms with Gasteiger partial charge in [-0.05, 0) is 49.5 Å². The van der Waals surface area contributed by atoms with E-state index < -0.39 is 5.72 Å². The predicted molar refractivity (Wildman–Crippen MR) is 100 cm³/mol. The fourth-order valence-corrected chi connectivity index (χ4v) is 5.29. The van der Waals surface area contributed by atoms with Crippen LogP contribution in [-0.4, -0.2) is 17.7 Å².